The van der Waals surface area contributed by atoms with E-state index >= 15 is 0 Å². The predicted octanol–water partition coefficient (Wildman–Crippen LogP) is 3.80. The van der Waals surface area contributed by atoms with Gasteiger partial charge in [-0.3, -0.25) is 14.9 Å². The van der Waals surface area contributed by atoms with Crippen LogP contribution in [0.1, 0.15) is 63.3 Å². The van der Waals surface area contributed by atoms with Gasteiger partial charge in [-0.1, -0.05) is 19.9 Å². The molecule has 1 aromatic carbocycles. The normalized spacial score (nSPS) is 19.3. The molecule has 0 radical (unpaired) electrons. The first-order chi connectivity index (χ1) is 15.4. The summed E-state index contributed by atoms with van der Waals surface area (Å²) in [5.41, 5.74) is 1.02. The number of aromatic nitrogens is 2. The Morgan fingerprint density at radius 1 is 1.28 bits per heavy atom. The van der Waals surface area contributed by atoms with Crippen molar-refractivity contribution in [2.24, 2.45) is 5.92 Å². The van der Waals surface area contributed by atoms with E-state index < -0.39 is 6.04 Å². The van der Waals surface area contributed by atoms with Crippen LogP contribution in [0.15, 0.2) is 18.2 Å². The van der Waals surface area contributed by atoms with Crippen LogP contribution in [0.25, 0.3) is 0 Å². The number of hydrogen-bond donors (Lipinski definition) is 1. The number of rotatable bonds is 9. The zero-order valence-corrected chi connectivity index (χ0v) is 19.8. The molecule has 1 aromatic heterocycles. The number of nitrogens with zero attached hydrogens (tertiary/aromatic N) is 3. The average molecular weight is 459 g/mol. The molecule has 2 amide bonds. The quantitative estimate of drug-likeness (QED) is 0.614. The van der Waals surface area contributed by atoms with Crippen LogP contribution in [0.2, 0.25) is 0 Å². The molecule has 1 aliphatic heterocycles. The van der Waals surface area contributed by atoms with Crippen LogP contribution in [0.4, 0.5) is 5.13 Å². The molecule has 2 heterocycles. The van der Waals surface area contributed by atoms with Gasteiger partial charge in [-0.2, -0.15) is 4.37 Å². The maximum absolute atomic E-state index is 12.8. The van der Waals surface area contributed by atoms with Crippen molar-refractivity contribution >= 4 is 28.5 Å². The molecule has 1 aliphatic carbocycles. The van der Waals surface area contributed by atoms with Gasteiger partial charge in [0.05, 0.1) is 13.7 Å². The fourth-order valence-corrected chi connectivity index (χ4v) is 4.47. The summed E-state index contributed by atoms with van der Waals surface area (Å²) in [5, 5.41) is 3.26. The minimum absolute atomic E-state index is 0.000930. The lowest BCUT2D eigenvalue weighted by atomic mass is 9.98. The highest BCUT2D eigenvalue weighted by atomic mass is 32.1. The zero-order valence-electron chi connectivity index (χ0n) is 19.0. The number of methoxy groups -OCH3 is 1. The third kappa shape index (κ3) is 5.03. The summed E-state index contributed by atoms with van der Waals surface area (Å²) in [6.07, 6.45) is 2.79. The molecule has 2 fully saturated rings. The van der Waals surface area contributed by atoms with E-state index in [-0.39, 0.29) is 23.7 Å². The summed E-state index contributed by atoms with van der Waals surface area (Å²) in [4.78, 5) is 31.5. The number of nitrogens with one attached hydrogen (secondary N) is 1. The van der Waals surface area contributed by atoms with E-state index in [0.29, 0.717) is 47.9 Å². The number of benzene rings is 1. The molecule has 4 rings (SSSR count). The van der Waals surface area contributed by atoms with Crippen molar-refractivity contribution < 1.29 is 19.1 Å². The fourth-order valence-electron chi connectivity index (χ4n) is 3.75. The van der Waals surface area contributed by atoms with Gasteiger partial charge in [0.1, 0.15) is 11.9 Å². The van der Waals surface area contributed by atoms with Gasteiger partial charge in [-0.25, -0.2) is 4.98 Å². The number of anilines is 1. The summed E-state index contributed by atoms with van der Waals surface area (Å²) < 4.78 is 15.7. The van der Waals surface area contributed by atoms with Crippen LogP contribution < -0.4 is 14.8 Å². The number of likely N-dealkylation sites (tertiary alicyclic amines) is 1. The Balaban J connectivity index is 1.41. The van der Waals surface area contributed by atoms with E-state index in [1.807, 2.05) is 32.0 Å². The largest absolute Gasteiger partial charge is 0.493 e. The number of ether oxygens (including phenoxy) is 2. The molecule has 1 N–H and O–H groups in total. The van der Waals surface area contributed by atoms with Crippen molar-refractivity contribution in [3.05, 3.63) is 29.6 Å². The van der Waals surface area contributed by atoms with Gasteiger partial charge in [0.25, 0.3) is 0 Å². The summed E-state index contributed by atoms with van der Waals surface area (Å²) in [7, 11) is 1.63. The second-order valence-electron chi connectivity index (χ2n) is 8.89. The Bertz CT molecular complexity index is 988. The third-order valence-electron chi connectivity index (χ3n) is 6.02. The first-order valence-electron chi connectivity index (χ1n) is 11.1. The first kappa shape index (κ1) is 22.5. The van der Waals surface area contributed by atoms with Crippen LogP contribution in [-0.4, -0.2) is 52.4 Å². The van der Waals surface area contributed by atoms with E-state index in [1.165, 1.54) is 12.8 Å². The molecule has 2 aliphatic rings. The molecular weight excluding hydrogens is 428 g/mol. The lowest BCUT2D eigenvalue weighted by Crippen LogP contribution is -2.42. The van der Waals surface area contributed by atoms with Gasteiger partial charge in [-0.05, 0) is 43.4 Å². The van der Waals surface area contributed by atoms with Crippen LogP contribution in [0.3, 0.4) is 0 Å². The monoisotopic (exact) mass is 458 g/mol. The lowest BCUT2D eigenvalue weighted by Gasteiger charge is -2.23. The second kappa shape index (κ2) is 9.44. The van der Waals surface area contributed by atoms with E-state index in [2.05, 4.69) is 14.7 Å². The summed E-state index contributed by atoms with van der Waals surface area (Å²) >= 11 is 1.16. The fraction of sp³-hybridized carbons (Fsp3) is 0.565. The molecular formula is C23H30N4O4S. The topological polar surface area (TPSA) is 93.7 Å². The van der Waals surface area contributed by atoms with Gasteiger partial charge in [0.15, 0.2) is 11.5 Å². The number of carbonyl (C=O) groups excluding carboxylic acids is 2. The molecule has 8 nitrogen and oxygen atoms in total. The smallest absolute Gasteiger partial charge is 0.248 e. The van der Waals surface area contributed by atoms with Crippen molar-refractivity contribution in [3.8, 4) is 11.5 Å². The van der Waals surface area contributed by atoms with Crippen LogP contribution in [0.5, 0.6) is 11.5 Å². The highest BCUT2D eigenvalue weighted by Gasteiger charge is 2.36. The van der Waals surface area contributed by atoms with E-state index in [1.54, 1.807) is 18.9 Å². The van der Waals surface area contributed by atoms with Gasteiger partial charge >= 0.3 is 0 Å². The third-order valence-corrected chi connectivity index (χ3v) is 6.67. The molecule has 0 spiro atoms. The molecule has 2 atom stereocenters. The number of amides is 2. The van der Waals surface area contributed by atoms with Crippen molar-refractivity contribution in [2.75, 3.05) is 25.6 Å². The number of hydrogen-bond acceptors (Lipinski definition) is 7. The predicted molar refractivity (Wildman–Crippen MR) is 122 cm³/mol. The Hall–Kier alpha value is -2.68. The summed E-state index contributed by atoms with van der Waals surface area (Å²) in [6.45, 7) is 6.92. The Labute approximate surface area is 192 Å². The van der Waals surface area contributed by atoms with Crippen molar-refractivity contribution in [1.29, 1.82) is 0 Å². The minimum atomic E-state index is -0.595. The van der Waals surface area contributed by atoms with Crippen LogP contribution in [-0.2, 0) is 9.59 Å². The summed E-state index contributed by atoms with van der Waals surface area (Å²) in [6, 6.07) is 5.25. The summed E-state index contributed by atoms with van der Waals surface area (Å²) in [5.74, 6) is 2.65. The van der Waals surface area contributed by atoms with Crippen molar-refractivity contribution in [3.63, 3.8) is 0 Å². The maximum Gasteiger partial charge on any atom is 0.248 e. The maximum atomic E-state index is 12.8. The Kier molecular flexibility index (Phi) is 6.64. The second-order valence-corrected chi connectivity index (χ2v) is 9.64. The highest BCUT2D eigenvalue weighted by Crippen LogP contribution is 2.37. The van der Waals surface area contributed by atoms with Gasteiger partial charge in [-0.15, -0.1) is 0 Å². The zero-order chi connectivity index (χ0) is 22.8. The Morgan fingerprint density at radius 2 is 2.06 bits per heavy atom. The minimum Gasteiger partial charge on any atom is -0.493 e. The molecule has 0 bridgehead atoms. The molecule has 2 aromatic rings. The van der Waals surface area contributed by atoms with Gasteiger partial charge in [0, 0.05) is 36.3 Å². The standard InChI is InChI=1S/C23H30N4O4S/c1-13(2)21-24-23(32-26-21)25-22(29)14(3)27-11-17(10-20(27)28)16-7-8-18(30-4)19(9-16)31-12-15-5-6-15/h7-9,13-15,17H,5-6,10-12H2,1-4H3,(H,24,25,26,29). The average Bonchev–Trinajstić information content (AvgIpc) is 3.35. The molecule has 1 saturated heterocycles. The molecule has 1 saturated carbocycles. The van der Waals surface area contributed by atoms with E-state index in [9.17, 15) is 9.59 Å². The van der Waals surface area contributed by atoms with Gasteiger partial charge < -0.3 is 14.4 Å². The van der Waals surface area contributed by atoms with E-state index in [0.717, 1.165) is 17.1 Å². The van der Waals surface area contributed by atoms with Crippen molar-refractivity contribution in [2.45, 2.75) is 57.9 Å². The van der Waals surface area contributed by atoms with E-state index in [4.69, 9.17) is 9.47 Å². The SMILES string of the molecule is COc1ccc(C2CC(=O)N(C(C)C(=O)Nc3nc(C(C)C)ns3)C2)cc1OCC1CC1. The first-order valence-corrected chi connectivity index (χ1v) is 11.9. The van der Waals surface area contributed by atoms with Gasteiger partial charge in [0.2, 0.25) is 16.9 Å². The number of carbonyl (C=O) groups is 2. The van der Waals surface area contributed by atoms with Crippen LogP contribution in [0, 0.1) is 5.92 Å². The lowest BCUT2D eigenvalue weighted by molar-refractivity contribution is -0.134. The molecule has 32 heavy (non-hydrogen) atoms. The molecule has 2 unspecified atom stereocenters. The molecule has 9 heteroatoms. The Morgan fingerprint density at radius 3 is 2.72 bits per heavy atom. The van der Waals surface area contributed by atoms with Crippen LogP contribution >= 0.6 is 11.5 Å². The van der Waals surface area contributed by atoms with Crippen molar-refractivity contribution in [1.82, 2.24) is 14.3 Å². The molecule has 172 valence electrons. The highest BCUT2D eigenvalue weighted by molar-refractivity contribution is 7.09.